The lowest BCUT2D eigenvalue weighted by Gasteiger charge is -2.38. The highest BCUT2D eigenvalue weighted by Crippen LogP contribution is 2.28. The van der Waals surface area contributed by atoms with Gasteiger partial charge in [-0.05, 0) is 18.7 Å². The van der Waals surface area contributed by atoms with Crippen LogP contribution in [0.25, 0.3) is 0 Å². The molecular formula is C15H25ClN4O2S. The number of hydrogen-bond donors (Lipinski definition) is 2. The van der Waals surface area contributed by atoms with Crippen molar-refractivity contribution in [2.24, 2.45) is 0 Å². The van der Waals surface area contributed by atoms with Crippen LogP contribution in [0, 0.1) is 0 Å². The summed E-state index contributed by atoms with van der Waals surface area (Å²) in [6.07, 6.45) is 0. The van der Waals surface area contributed by atoms with Gasteiger partial charge < -0.3 is 4.90 Å². The number of likely N-dealkylation sites (N-methyl/N-ethyl adjacent to an activating group) is 1. The molecule has 1 unspecified atom stereocenters. The summed E-state index contributed by atoms with van der Waals surface area (Å²) in [6.45, 7) is 6.10. The fraction of sp³-hybridized carbons (Fsp3) is 0.600. The Morgan fingerprint density at radius 1 is 1.17 bits per heavy atom. The Morgan fingerprint density at radius 3 is 2.43 bits per heavy atom. The number of nitrogens with zero attached hydrogens (tertiary/aromatic N) is 2. The first-order chi connectivity index (χ1) is 10.9. The van der Waals surface area contributed by atoms with Gasteiger partial charge in [0.05, 0.1) is 0 Å². The van der Waals surface area contributed by atoms with E-state index >= 15 is 0 Å². The summed E-state index contributed by atoms with van der Waals surface area (Å²) >= 11 is 6.35. The molecule has 1 aliphatic heterocycles. The van der Waals surface area contributed by atoms with Crippen LogP contribution >= 0.6 is 11.6 Å². The van der Waals surface area contributed by atoms with Crippen LogP contribution in [-0.4, -0.2) is 64.5 Å². The van der Waals surface area contributed by atoms with E-state index in [-0.39, 0.29) is 6.04 Å². The lowest BCUT2D eigenvalue weighted by molar-refractivity contribution is 0.113. The average Bonchev–Trinajstić information content (AvgIpc) is 2.50. The summed E-state index contributed by atoms with van der Waals surface area (Å²) in [5.41, 5.74) is 0.956. The summed E-state index contributed by atoms with van der Waals surface area (Å²) in [7, 11) is -1.38. The van der Waals surface area contributed by atoms with Gasteiger partial charge in [0.2, 0.25) is 0 Å². The van der Waals surface area contributed by atoms with Crippen LogP contribution < -0.4 is 9.44 Å². The van der Waals surface area contributed by atoms with Crippen molar-refractivity contribution in [1.82, 2.24) is 19.2 Å². The summed E-state index contributed by atoms with van der Waals surface area (Å²) < 4.78 is 28.9. The molecule has 1 heterocycles. The van der Waals surface area contributed by atoms with Crippen molar-refractivity contribution >= 4 is 21.8 Å². The normalized spacial score (nSPS) is 18.9. The molecule has 23 heavy (non-hydrogen) atoms. The molecule has 0 aliphatic carbocycles. The molecule has 0 aromatic heterocycles. The molecule has 130 valence electrons. The molecule has 6 nitrogen and oxygen atoms in total. The standard InChI is InChI=1S/C15H25ClN4O2S/c1-3-17-23(21,22)18-12-15(13-6-4-5-7-14(13)16)20-10-8-19(2)9-11-20/h4-7,15,17-18H,3,8-12H2,1-2H3. The molecule has 1 aromatic carbocycles. The van der Waals surface area contributed by atoms with Crippen LogP contribution in [0.2, 0.25) is 5.02 Å². The molecule has 0 spiro atoms. The van der Waals surface area contributed by atoms with Crippen LogP contribution in [0.15, 0.2) is 24.3 Å². The van der Waals surface area contributed by atoms with Crippen molar-refractivity contribution in [2.75, 3.05) is 46.3 Å². The molecule has 1 aromatic rings. The fourth-order valence-corrected chi connectivity index (χ4v) is 3.87. The average molecular weight is 361 g/mol. The largest absolute Gasteiger partial charge is 0.304 e. The Hall–Kier alpha value is -0.700. The van der Waals surface area contributed by atoms with Crippen molar-refractivity contribution in [3.8, 4) is 0 Å². The quantitative estimate of drug-likeness (QED) is 0.763. The minimum atomic E-state index is -3.48. The Morgan fingerprint density at radius 2 is 1.83 bits per heavy atom. The lowest BCUT2D eigenvalue weighted by Crippen LogP contribution is -2.49. The van der Waals surface area contributed by atoms with Crippen molar-refractivity contribution in [2.45, 2.75) is 13.0 Å². The maximum Gasteiger partial charge on any atom is 0.276 e. The molecular weight excluding hydrogens is 336 g/mol. The van der Waals surface area contributed by atoms with E-state index in [2.05, 4.69) is 26.3 Å². The Bertz CT molecular complexity index is 603. The molecule has 2 N–H and O–H groups in total. The van der Waals surface area contributed by atoms with Gasteiger partial charge in [0, 0.05) is 50.3 Å². The van der Waals surface area contributed by atoms with Crippen molar-refractivity contribution in [1.29, 1.82) is 0 Å². The van der Waals surface area contributed by atoms with Gasteiger partial charge >= 0.3 is 0 Å². The predicted molar refractivity (Wildman–Crippen MR) is 93.9 cm³/mol. The highest BCUT2D eigenvalue weighted by molar-refractivity contribution is 7.87. The van der Waals surface area contributed by atoms with Gasteiger partial charge in [-0.1, -0.05) is 36.7 Å². The van der Waals surface area contributed by atoms with E-state index in [9.17, 15) is 8.42 Å². The van der Waals surface area contributed by atoms with E-state index in [4.69, 9.17) is 11.6 Å². The fourth-order valence-electron chi connectivity index (χ4n) is 2.74. The number of piperazine rings is 1. The van der Waals surface area contributed by atoms with Crippen LogP contribution in [-0.2, 0) is 10.2 Å². The molecule has 0 radical (unpaired) electrons. The summed E-state index contributed by atoms with van der Waals surface area (Å²) in [4.78, 5) is 4.55. The van der Waals surface area contributed by atoms with Gasteiger partial charge in [-0.15, -0.1) is 0 Å². The number of benzene rings is 1. The van der Waals surface area contributed by atoms with E-state index in [0.29, 0.717) is 18.1 Å². The van der Waals surface area contributed by atoms with Gasteiger partial charge in [0.1, 0.15) is 0 Å². The maximum absolute atomic E-state index is 11.9. The van der Waals surface area contributed by atoms with Crippen molar-refractivity contribution in [3.05, 3.63) is 34.9 Å². The third-order valence-electron chi connectivity index (χ3n) is 4.04. The first kappa shape index (κ1) is 18.6. The third kappa shape index (κ3) is 5.41. The number of halogens is 1. The molecule has 8 heteroatoms. The zero-order chi connectivity index (χ0) is 16.9. The highest BCUT2D eigenvalue weighted by Gasteiger charge is 2.26. The molecule has 1 saturated heterocycles. The SMILES string of the molecule is CCNS(=O)(=O)NCC(c1ccccc1Cl)N1CCN(C)CC1. The Labute approximate surface area is 144 Å². The van der Waals surface area contributed by atoms with E-state index < -0.39 is 10.2 Å². The second kappa shape index (κ2) is 8.41. The van der Waals surface area contributed by atoms with Crippen LogP contribution in [0.5, 0.6) is 0 Å². The molecule has 1 fully saturated rings. The summed E-state index contributed by atoms with van der Waals surface area (Å²) in [5, 5.41) is 0.666. The van der Waals surface area contributed by atoms with E-state index in [0.717, 1.165) is 31.7 Å². The molecule has 0 bridgehead atoms. The minimum Gasteiger partial charge on any atom is -0.304 e. The first-order valence-electron chi connectivity index (χ1n) is 7.84. The summed E-state index contributed by atoms with van der Waals surface area (Å²) in [6, 6.07) is 7.55. The molecule has 0 amide bonds. The van der Waals surface area contributed by atoms with E-state index in [1.807, 2.05) is 24.3 Å². The Balaban J connectivity index is 2.17. The molecule has 0 saturated carbocycles. The summed E-state index contributed by atoms with van der Waals surface area (Å²) in [5.74, 6) is 0. The predicted octanol–water partition coefficient (Wildman–Crippen LogP) is 1.07. The van der Waals surface area contributed by atoms with Crippen LogP contribution in [0.3, 0.4) is 0 Å². The molecule has 2 rings (SSSR count). The number of hydrogen-bond acceptors (Lipinski definition) is 4. The highest BCUT2D eigenvalue weighted by atomic mass is 35.5. The maximum atomic E-state index is 11.9. The monoisotopic (exact) mass is 360 g/mol. The van der Waals surface area contributed by atoms with Gasteiger partial charge in [-0.2, -0.15) is 8.42 Å². The second-order valence-electron chi connectivity index (χ2n) is 5.73. The van der Waals surface area contributed by atoms with Crippen LogP contribution in [0.1, 0.15) is 18.5 Å². The lowest BCUT2D eigenvalue weighted by atomic mass is 10.0. The van der Waals surface area contributed by atoms with Crippen molar-refractivity contribution in [3.63, 3.8) is 0 Å². The zero-order valence-corrected chi connectivity index (χ0v) is 15.2. The smallest absolute Gasteiger partial charge is 0.276 e. The minimum absolute atomic E-state index is 0.0779. The molecule has 1 aliphatic rings. The van der Waals surface area contributed by atoms with Crippen LogP contribution in [0.4, 0.5) is 0 Å². The topological polar surface area (TPSA) is 64.7 Å². The van der Waals surface area contributed by atoms with E-state index in [1.54, 1.807) is 6.92 Å². The Kier molecular flexibility index (Phi) is 6.82. The second-order valence-corrected chi connectivity index (χ2v) is 7.72. The number of nitrogens with one attached hydrogen (secondary N) is 2. The van der Waals surface area contributed by atoms with E-state index in [1.165, 1.54) is 0 Å². The first-order valence-corrected chi connectivity index (χ1v) is 9.70. The van der Waals surface area contributed by atoms with Gasteiger partial charge in [-0.25, -0.2) is 9.44 Å². The zero-order valence-electron chi connectivity index (χ0n) is 13.6. The van der Waals surface area contributed by atoms with Gasteiger partial charge in [-0.3, -0.25) is 4.90 Å². The molecule has 1 atom stereocenters. The number of rotatable bonds is 7. The third-order valence-corrected chi connectivity index (χ3v) is 5.60. The van der Waals surface area contributed by atoms with Gasteiger partial charge in [0.15, 0.2) is 0 Å². The van der Waals surface area contributed by atoms with Gasteiger partial charge in [0.25, 0.3) is 10.2 Å². The van der Waals surface area contributed by atoms with Crippen molar-refractivity contribution < 1.29 is 8.42 Å².